The van der Waals surface area contributed by atoms with Crippen LogP contribution < -0.4 is 10.3 Å². The maximum Gasteiger partial charge on any atom is 0.262 e. The zero-order valence-electron chi connectivity index (χ0n) is 16.3. The van der Waals surface area contributed by atoms with E-state index in [2.05, 4.69) is 9.97 Å². The van der Waals surface area contributed by atoms with Gasteiger partial charge in [0.1, 0.15) is 5.75 Å². The second kappa shape index (κ2) is 8.92. The maximum absolute atomic E-state index is 13.1. The van der Waals surface area contributed by atoms with E-state index in [9.17, 15) is 9.59 Å². The Morgan fingerprint density at radius 3 is 2.60 bits per heavy atom. The summed E-state index contributed by atoms with van der Waals surface area (Å²) in [4.78, 5) is 34.6. The van der Waals surface area contributed by atoms with Gasteiger partial charge in [-0.1, -0.05) is 30.0 Å². The zero-order chi connectivity index (χ0) is 20.9. The minimum atomic E-state index is -0.135. The Morgan fingerprint density at radius 1 is 1.07 bits per heavy atom. The summed E-state index contributed by atoms with van der Waals surface area (Å²) in [6.07, 6.45) is 3.41. The summed E-state index contributed by atoms with van der Waals surface area (Å²) >= 11 is 1.26. The van der Waals surface area contributed by atoms with E-state index in [1.54, 1.807) is 60.5 Å². The average molecular weight is 417 g/mol. The lowest BCUT2D eigenvalue weighted by Crippen LogP contribution is -2.24. The third-order valence-electron chi connectivity index (χ3n) is 4.63. The monoisotopic (exact) mass is 417 g/mol. The molecule has 0 N–H and O–H groups in total. The number of ketones is 1. The van der Waals surface area contributed by atoms with E-state index >= 15 is 0 Å². The lowest BCUT2D eigenvalue weighted by molar-refractivity contribution is 0.102. The first-order chi connectivity index (χ1) is 14.7. The van der Waals surface area contributed by atoms with Gasteiger partial charge in [-0.3, -0.25) is 19.1 Å². The van der Waals surface area contributed by atoms with E-state index in [4.69, 9.17) is 4.74 Å². The van der Waals surface area contributed by atoms with Crippen LogP contribution in [0.5, 0.6) is 5.75 Å². The van der Waals surface area contributed by atoms with Gasteiger partial charge < -0.3 is 4.74 Å². The van der Waals surface area contributed by atoms with Crippen molar-refractivity contribution in [1.29, 1.82) is 0 Å². The molecule has 30 heavy (non-hydrogen) atoms. The van der Waals surface area contributed by atoms with E-state index in [0.717, 1.165) is 5.56 Å². The van der Waals surface area contributed by atoms with Crippen LogP contribution in [-0.2, 0) is 6.54 Å². The molecule has 2 aromatic heterocycles. The van der Waals surface area contributed by atoms with Crippen LogP contribution in [0.2, 0.25) is 0 Å². The molecule has 4 aromatic rings. The van der Waals surface area contributed by atoms with E-state index in [-0.39, 0.29) is 17.1 Å². The molecule has 150 valence electrons. The molecule has 0 spiro atoms. The summed E-state index contributed by atoms with van der Waals surface area (Å²) in [5, 5.41) is 1.05. The molecule has 2 aromatic carbocycles. The van der Waals surface area contributed by atoms with Gasteiger partial charge in [-0.15, -0.1) is 0 Å². The molecule has 0 radical (unpaired) electrons. The molecule has 6 nitrogen and oxygen atoms in total. The lowest BCUT2D eigenvalue weighted by Gasteiger charge is -2.13. The molecule has 0 unspecified atom stereocenters. The number of nitrogens with zero attached hydrogens (tertiary/aromatic N) is 3. The minimum Gasteiger partial charge on any atom is -0.497 e. The number of carbonyl (C=O) groups excluding carboxylic acids is 1. The Kier molecular flexibility index (Phi) is 5.90. The van der Waals surface area contributed by atoms with Crippen LogP contribution in [0.4, 0.5) is 0 Å². The van der Waals surface area contributed by atoms with Crippen LogP contribution in [0.3, 0.4) is 0 Å². The van der Waals surface area contributed by atoms with Crippen molar-refractivity contribution in [2.24, 2.45) is 0 Å². The summed E-state index contributed by atoms with van der Waals surface area (Å²) in [5.74, 6) is 0.822. The molecular formula is C23H19N3O3S. The second-order valence-electron chi connectivity index (χ2n) is 6.60. The molecule has 0 aliphatic heterocycles. The third-order valence-corrected chi connectivity index (χ3v) is 5.61. The second-order valence-corrected chi connectivity index (χ2v) is 7.55. The Labute approximate surface area is 177 Å². The highest BCUT2D eigenvalue weighted by atomic mass is 32.2. The lowest BCUT2D eigenvalue weighted by atomic mass is 10.1. The molecular weight excluding hydrogens is 398 g/mol. The number of hydrogen-bond donors (Lipinski definition) is 0. The van der Waals surface area contributed by atoms with Crippen molar-refractivity contribution < 1.29 is 9.53 Å². The van der Waals surface area contributed by atoms with E-state index in [1.165, 1.54) is 11.8 Å². The Hall–Kier alpha value is -3.45. The van der Waals surface area contributed by atoms with Gasteiger partial charge in [-0.05, 0) is 48.0 Å². The highest BCUT2D eigenvalue weighted by Gasteiger charge is 2.14. The summed E-state index contributed by atoms with van der Waals surface area (Å²) in [6.45, 7) is 0.337. The number of pyridine rings is 1. The van der Waals surface area contributed by atoms with Crippen LogP contribution in [0, 0.1) is 0 Å². The fourth-order valence-electron chi connectivity index (χ4n) is 3.06. The first-order valence-corrected chi connectivity index (χ1v) is 10.3. The van der Waals surface area contributed by atoms with Crippen molar-refractivity contribution >= 4 is 28.4 Å². The minimum absolute atomic E-state index is 0.0435. The van der Waals surface area contributed by atoms with Crippen molar-refractivity contribution in [3.8, 4) is 5.75 Å². The fraction of sp³-hybridized carbons (Fsp3) is 0.130. The van der Waals surface area contributed by atoms with Crippen LogP contribution >= 0.6 is 11.8 Å². The summed E-state index contributed by atoms with van der Waals surface area (Å²) in [5.41, 5.74) is 1.96. The van der Waals surface area contributed by atoms with Crippen LogP contribution in [0.1, 0.15) is 15.9 Å². The number of methoxy groups -OCH3 is 1. The summed E-state index contributed by atoms with van der Waals surface area (Å²) in [7, 11) is 1.58. The predicted molar refractivity (Wildman–Crippen MR) is 117 cm³/mol. The highest BCUT2D eigenvalue weighted by molar-refractivity contribution is 7.99. The third kappa shape index (κ3) is 4.26. The molecule has 0 aliphatic rings. The number of rotatable bonds is 7. The number of Topliss-reactive ketones (excluding diaryl/α,β-unsaturated/α-hetero) is 1. The molecule has 4 rings (SSSR count). The van der Waals surface area contributed by atoms with Gasteiger partial charge in [0.2, 0.25) is 0 Å². The molecule has 0 atom stereocenters. The highest BCUT2D eigenvalue weighted by Crippen LogP contribution is 2.21. The predicted octanol–water partition coefficient (Wildman–Crippen LogP) is 3.82. The van der Waals surface area contributed by atoms with Crippen molar-refractivity contribution in [3.63, 3.8) is 0 Å². The molecule has 0 fully saturated rings. The number of ether oxygens (including phenoxy) is 1. The standard InChI is InChI=1S/C23H19N3O3S/c1-29-18-10-8-17(9-11-18)21(27)15-30-23-25-20-7-3-2-6-19(20)22(28)26(23)14-16-5-4-12-24-13-16/h2-13H,14-15H2,1H3. The maximum atomic E-state index is 13.1. The molecule has 0 amide bonds. The Balaban J connectivity index is 1.65. The first kappa shape index (κ1) is 19.8. The van der Waals surface area contributed by atoms with Gasteiger partial charge in [0.25, 0.3) is 5.56 Å². The fourth-order valence-corrected chi connectivity index (χ4v) is 3.95. The van der Waals surface area contributed by atoms with E-state index in [0.29, 0.717) is 33.9 Å². The smallest absolute Gasteiger partial charge is 0.262 e. The Bertz CT molecular complexity index is 1240. The summed E-state index contributed by atoms with van der Waals surface area (Å²) in [6, 6.07) is 17.9. The van der Waals surface area contributed by atoms with Crippen molar-refractivity contribution in [2.75, 3.05) is 12.9 Å². The van der Waals surface area contributed by atoms with Crippen molar-refractivity contribution in [3.05, 3.63) is 94.5 Å². The number of thioether (sulfide) groups is 1. The van der Waals surface area contributed by atoms with Crippen LogP contribution in [0.15, 0.2) is 83.0 Å². The summed E-state index contributed by atoms with van der Waals surface area (Å²) < 4.78 is 6.74. The molecule has 0 aliphatic carbocycles. The Morgan fingerprint density at radius 2 is 1.87 bits per heavy atom. The topological polar surface area (TPSA) is 74.1 Å². The van der Waals surface area contributed by atoms with Crippen LogP contribution in [0.25, 0.3) is 10.9 Å². The molecule has 7 heteroatoms. The molecule has 0 saturated carbocycles. The number of para-hydroxylation sites is 1. The van der Waals surface area contributed by atoms with Crippen molar-refractivity contribution in [2.45, 2.75) is 11.7 Å². The van der Waals surface area contributed by atoms with Gasteiger partial charge in [0, 0.05) is 18.0 Å². The number of carbonyl (C=O) groups is 1. The average Bonchev–Trinajstić information content (AvgIpc) is 2.80. The normalized spacial score (nSPS) is 10.8. The van der Waals surface area contributed by atoms with Gasteiger partial charge in [-0.2, -0.15) is 0 Å². The number of aromatic nitrogens is 3. The van der Waals surface area contributed by atoms with Gasteiger partial charge in [0.15, 0.2) is 10.9 Å². The number of hydrogen-bond acceptors (Lipinski definition) is 6. The molecule has 2 heterocycles. The van der Waals surface area contributed by atoms with E-state index in [1.807, 2.05) is 24.3 Å². The zero-order valence-corrected chi connectivity index (χ0v) is 17.1. The van der Waals surface area contributed by atoms with Crippen LogP contribution in [-0.4, -0.2) is 33.2 Å². The quantitative estimate of drug-likeness (QED) is 0.259. The van der Waals surface area contributed by atoms with E-state index < -0.39 is 0 Å². The molecule has 0 bridgehead atoms. The number of fused-ring (bicyclic) bond motifs is 1. The SMILES string of the molecule is COc1ccc(C(=O)CSc2nc3ccccc3c(=O)n2Cc2cccnc2)cc1. The van der Waals surface area contributed by atoms with Gasteiger partial charge in [-0.25, -0.2) is 4.98 Å². The van der Waals surface area contributed by atoms with Crippen molar-refractivity contribution in [1.82, 2.24) is 14.5 Å². The van der Waals surface area contributed by atoms with Gasteiger partial charge >= 0.3 is 0 Å². The number of benzene rings is 2. The largest absolute Gasteiger partial charge is 0.497 e. The first-order valence-electron chi connectivity index (χ1n) is 9.34. The van der Waals surface area contributed by atoms with Gasteiger partial charge in [0.05, 0.1) is 30.3 Å². The molecule has 0 saturated heterocycles.